The first kappa shape index (κ1) is 11.4. The first-order valence-corrected chi connectivity index (χ1v) is 6.45. The lowest BCUT2D eigenvalue weighted by Crippen LogP contribution is -2.15. The highest BCUT2D eigenvalue weighted by Gasteiger charge is 2.13. The topological polar surface area (TPSA) is 51.8 Å². The molecule has 18 heavy (non-hydrogen) atoms. The van der Waals surface area contributed by atoms with Crippen molar-refractivity contribution < 1.29 is 0 Å². The van der Waals surface area contributed by atoms with Crippen LogP contribution in [-0.2, 0) is 19.3 Å². The molecule has 0 radical (unpaired) electrons. The molecule has 1 atom stereocenters. The molecule has 2 N–H and O–H groups in total. The Morgan fingerprint density at radius 3 is 2.89 bits per heavy atom. The number of benzene rings is 1. The molecule has 1 aromatic heterocycles. The molecule has 3 rings (SSSR count). The molecule has 0 saturated heterocycles. The summed E-state index contributed by atoms with van der Waals surface area (Å²) in [5, 5.41) is 0. The van der Waals surface area contributed by atoms with Gasteiger partial charge in [0.2, 0.25) is 0 Å². The third-order valence-electron chi connectivity index (χ3n) is 3.60. The molecule has 0 aliphatic heterocycles. The summed E-state index contributed by atoms with van der Waals surface area (Å²) in [7, 11) is 0. The molecular weight excluding hydrogens is 222 g/mol. The molecule has 1 aliphatic rings. The zero-order valence-corrected chi connectivity index (χ0v) is 10.3. The molecule has 2 aromatic rings. The van der Waals surface area contributed by atoms with Crippen molar-refractivity contribution in [2.24, 2.45) is 5.73 Å². The van der Waals surface area contributed by atoms with E-state index in [1.54, 1.807) is 12.5 Å². The molecular formula is C15H17N3. The smallest absolute Gasteiger partial charge is 0.115 e. The van der Waals surface area contributed by atoms with Crippen molar-refractivity contribution in [2.45, 2.75) is 31.7 Å². The number of rotatable bonds is 3. The lowest BCUT2D eigenvalue weighted by molar-refractivity contribution is 0.692. The maximum atomic E-state index is 6.18. The molecule has 3 heteroatoms. The summed E-state index contributed by atoms with van der Waals surface area (Å²) < 4.78 is 0. The van der Waals surface area contributed by atoms with E-state index in [2.05, 4.69) is 28.2 Å². The van der Waals surface area contributed by atoms with Crippen molar-refractivity contribution in [1.82, 2.24) is 9.97 Å². The Bertz CT molecular complexity index is 537. The van der Waals surface area contributed by atoms with Crippen molar-refractivity contribution in [3.8, 4) is 0 Å². The van der Waals surface area contributed by atoms with Crippen molar-refractivity contribution >= 4 is 0 Å². The Labute approximate surface area is 107 Å². The van der Waals surface area contributed by atoms with E-state index in [1.807, 2.05) is 6.07 Å². The fraction of sp³-hybridized carbons (Fsp3) is 0.333. The summed E-state index contributed by atoms with van der Waals surface area (Å²) in [4.78, 5) is 8.13. The summed E-state index contributed by atoms with van der Waals surface area (Å²) in [6, 6.07) is 8.60. The molecule has 1 aromatic carbocycles. The quantitative estimate of drug-likeness (QED) is 0.893. The van der Waals surface area contributed by atoms with Crippen LogP contribution in [0.25, 0.3) is 0 Å². The van der Waals surface area contributed by atoms with Crippen LogP contribution in [0.4, 0.5) is 0 Å². The fourth-order valence-corrected chi connectivity index (χ4v) is 2.63. The van der Waals surface area contributed by atoms with Crippen LogP contribution in [0, 0.1) is 0 Å². The van der Waals surface area contributed by atoms with E-state index in [-0.39, 0.29) is 6.04 Å². The third-order valence-corrected chi connectivity index (χ3v) is 3.60. The van der Waals surface area contributed by atoms with Crippen LogP contribution in [0.3, 0.4) is 0 Å². The summed E-state index contributed by atoms with van der Waals surface area (Å²) >= 11 is 0. The van der Waals surface area contributed by atoms with Crippen LogP contribution in [-0.4, -0.2) is 9.97 Å². The van der Waals surface area contributed by atoms with Gasteiger partial charge in [0.25, 0.3) is 0 Å². The maximum absolute atomic E-state index is 6.18. The molecule has 0 amide bonds. The molecule has 0 fully saturated rings. The van der Waals surface area contributed by atoms with Crippen LogP contribution in [0.15, 0.2) is 36.8 Å². The highest BCUT2D eigenvalue weighted by Crippen LogP contribution is 2.24. The molecule has 1 unspecified atom stereocenters. The first-order chi connectivity index (χ1) is 8.83. The molecule has 1 aliphatic carbocycles. The van der Waals surface area contributed by atoms with Crippen LogP contribution < -0.4 is 5.73 Å². The highest BCUT2D eigenvalue weighted by molar-refractivity contribution is 5.35. The number of nitrogens with two attached hydrogens (primary N) is 1. The fourth-order valence-electron chi connectivity index (χ4n) is 2.63. The second kappa shape index (κ2) is 4.86. The lowest BCUT2D eigenvalue weighted by atomic mass is 10.00. The normalized spacial score (nSPS) is 15.4. The van der Waals surface area contributed by atoms with Crippen molar-refractivity contribution in [2.75, 3.05) is 0 Å². The maximum Gasteiger partial charge on any atom is 0.115 e. The van der Waals surface area contributed by atoms with Gasteiger partial charge in [-0.15, -0.1) is 0 Å². The van der Waals surface area contributed by atoms with Gasteiger partial charge in [-0.3, -0.25) is 0 Å². The number of aryl methyl sites for hydroxylation is 2. The van der Waals surface area contributed by atoms with Gasteiger partial charge in [-0.05, 0) is 48.4 Å². The highest BCUT2D eigenvalue weighted by atomic mass is 14.8. The van der Waals surface area contributed by atoms with Gasteiger partial charge in [-0.2, -0.15) is 0 Å². The van der Waals surface area contributed by atoms with Gasteiger partial charge in [-0.1, -0.05) is 18.2 Å². The second-order valence-corrected chi connectivity index (χ2v) is 4.90. The van der Waals surface area contributed by atoms with E-state index < -0.39 is 0 Å². The van der Waals surface area contributed by atoms with Crippen LogP contribution in [0.5, 0.6) is 0 Å². The van der Waals surface area contributed by atoms with Crippen molar-refractivity contribution in [1.29, 1.82) is 0 Å². The number of nitrogens with zero attached hydrogens (tertiary/aromatic N) is 2. The van der Waals surface area contributed by atoms with E-state index in [9.17, 15) is 0 Å². The van der Waals surface area contributed by atoms with Gasteiger partial charge in [0.15, 0.2) is 0 Å². The van der Waals surface area contributed by atoms with Gasteiger partial charge >= 0.3 is 0 Å². The van der Waals surface area contributed by atoms with E-state index >= 15 is 0 Å². The van der Waals surface area contributed by atoms with Crippen LogP contribution in [0.1, 0.15) is 34.8 Å². The van der Waals surface area contributed by atoms with Crippen molar-refractivity contribution in [3.63, 3.8) is 0 Å². The predicted molar refractivity (Wildman–Crippen MR) is 71.1 cm³/mol. The average molecular weight is 239 g/mol. The van der Waals surface area contributed by atoms with E-state index in [4.69, 9.17) is 5.73 Å². The Balaban J connectivity index is 1.77. The Kier molecular flexibility index (Phi) is 3.07. The van der Waals surface area contributed by atoms with Crippen LogP contribution >= 0.6 is 0 Å². The third kappa shape index (κ3) is 2.27. The minimum Gasteiger partial charge on any atom is -0.322 e. The van der Waals surface area contributed by atoms with E-state index in [0.29, 0.717) is 0 Å². The molecule has 0 spiro atoms. The SMILES string of the molecule is NC(Cc1ccc2c(c1)CCC2)c1ccncn1. The summed E-state index contributed by atoms with van der Waals surface area (Å²) in [5.41, 5.74) is 11.4. The van der Waals surface area contributed by atoms with Gasteiger partial charge in [0, 0.05) is 6.20 Å². The van der Waals surface area contributed by atoms with Gasteiger partial charge in [0.1, 0.15) is 6.33 Å². The second-order valence-electron chi connectivity index (χ2n) is 4.90. The molecule has 92 valence electrons. The van der Waals surface area contributed by atoms with E-state index in [1.165, 1.54) is 36.0 Å². The summed E-state index contributed by atoms with van der Waals surface area (Å²) in [6.45, 7) is 0. The average Bonchev–Trinajstić information content (AvgIpc) is 2.87. The molecule has 0 saturated carbocycles. The Hall–Kier alpha value is -1.74. The first-order valence-electron chi connectivity index (χ1n) is 6.45. The summed E-state index contributed by atoms with van der Waals surface area (Å²) in [6.07, 6.45) is 7.86. The van der Waals surface area contributed by atoms with Gasteiger partial charge in [0.05, 0.1) is 11.7 Å². The van der Waals surface area contributed by atoms with Crippen LogP contribution in [0.2, 0.25) is 0 Å². The van der Waals surface area contributed by atoms with Gasteiger partial charge in [-0.25, -0.2) is 9.97 Å². The lowest BCUT2D eigenvalue weighted by Gasteiger charge is -2.11. The number of hydrogen-bond acceptors (Lipinski definition) is 3. The number of fused-ring (bicyclic) bond motifs is 1. The molecule has 1 heterocycles. The monoisotopic (exact) mass is 239 g/mol. The molecule has 3 nitrogen and oxygen atoms in total. The zero-order valence-electron chi connectivity index (χ0n) is 10.3. The van der Waals surface area contributed by atoms with Crippen molar-refractivity contribution in [3.05, 3.63) is 59.2 Å². The molecule has 0 bridgehead atoms. The number of aromatic nitrogens is 2. The Morgan fingerprint density at radius 2 is 2.06 bits per heavy atom. The minimum absolute atomic E-state index is 0.0487. The largest absolute Gasteiger partial charge is 0.322 e. The minimum atomic E-state index is -0.0487. The zero-order chi connectivity index (χ0) is 12.4. The standard InChI is InChI=1S/C15H17N3/c16-14(15-6-7-17-10-18-15)9-11-4-5-12-2-1-3-13(12)8-11/h4-8,10,14H,1-3,9,16H2. The number of hydrogen-bond donors (Lipinski definition) is 1. The predicted octanol–water partition coefficient (Wildman–Crippen LogP) is 2.21. The van der Waals surface area contributed by atoms with E-state index in [0.717, 1.165) is 12.1 Å². The summed E-state index contributed by atoms with van der Waals surface area (Å²) in [5.74, 6) is 0. The Morgan fingerprint density at radius 1 is 1.17 bits per heavy atom. The van der Waals surface area contributed by atoms with Gasteiger partial charge < -0.3 is 5.73 Å².